The van der Waals surface area contributed by atoms with Crippen molar-refractivity contribution in [2.75, 3.05) is 20.1 Å². The lowest BCUT2D eigenvalue weighted by atomic mass is 10.1. The zero-order chi connectivity index (χ0) is 17.1. The third-order valence-electron chi connectivity index (χ3n) is 4.13. The molecule has 0 saturated carbocycles. The summed E-state index contributed by atoms with van der Waals surface area (Å²) in [6.45, 7) is 1.71. The summed E-state index contributed by atoms with van der Waals surface area (Å²) in [7, 11) is 1.79. The van der Waals surface area contributed by atoms with Crippen molar-refractivity contribution >= 4 is 5.91 Å². The van der Waals surface area contributed by atoms with Crippen LogP contribution in [0.3, 0.4) is 0 Å². The molecule has 0 unspecified atom stereocenters. The molecule has 4 nitrogen and oxygen atoms in total. The zero-order valence-corrected chi connectivity index (χ0v) is 13.3. The van der Waals surface area contributed by atoms with Crippen molar-refractivity contribution in [3.8, 4) is 11.5 Å². The van der Waals surface area contributed by atoms with E-state index in [2.05, 4.69) is 5.32 Å². The Bertz CT molecular complexity index is 728. The second-order valence-corrected chi connectivity index (χ2v) is 5.76. The van der Waals surface area contributed by atoms with Crippen molar-refractivity contribution in [3.63, 3.8) is 0 Å². The van der Waals surface area contributed by atoms with Crippen molar-refractivity contribution in [3.05, 3.63) is 59.7 Å². The highest BCUT2D eigenvalue weighted by atomic mass is 19.1. The van der Waals surface area contributed by atoms with Crippen LogP contribution in [0, 0.1) is 11.6 Å². The Hall–Kier alpha value is -2.47. The summed E-state index contributed by atoms with van der Waals surface area (Å²) >= 11 is 0. The maximum atomic E-state index is 13.6. The van der Waals surface area contributed by atoms with E-state index in [1.807, 2.05) is 0 Å². The Morgan fingerprint density at radius 2 is 1.96 bits per heavy atom. The van der Waals surface area contributed by atoms with Gasteiger partial charge in [0.15, 0.2) is 11.6 Å². The van der Waals surface area contributed by atoms with E-state index >= 15 is 0 Å². The number of carbonyl (C=O) groups excluding carboxylic acids is 1. The Kier molecular flexibility index (Phi) is 4.76. The molecule has 1 atom stereocenters. The molecule has 1 heterocycles. The van der Waals surface area contributed by atoms with Crippen LogP contribution in [0.4, 0.5) is 8.78 Å². The molecule has 3 rings (SSSR count). The van der Waals surface area contributed by atoms with Gasteiger partial charge in [-0.3, -0.25) is 4.79 Å². The Balaban J connectivity index is 1.69. The monoisotopic (exact) mass is 332 g/mol. The zero-order valence-electron chi connectivity index (χ0n) is 13.3. The molecule has 1 aliphatic rings. The highest BCUT2D eigenvalue weighted by Crippen LogP contribution is 2.25. The molecule has 24 heavy (non-hydrogen) atoms. The second kappa shape index (κ2) is 6.97. The number of benzene rings is 2. The predicted octanol–water partition coefficient (Wildman–Crippen LogP) is 3.19. The van der Waals surface area contributed by atoms with E-state index < -0.39 is 11.6 Å². The number of likely N-dealkylation sites (N-methyl/N-ethyl adjacent to an activating group) is 1. The third-order valence-corrected chi connectivity index (χ3v) is 4.13. The average Bonchev–Trinajstić information content (AvgIpc) is 3.11. The molecule has 2 aromatic carbocycles. The molecular formula is C18H18F2N2O2. The number of nitrogens with one attached hydrogen (secondary N) is 1. The maximum Gasteiger partial charge on any atom is 0.253 e. The molecule has 1 aliphatic heterocycles. The summed E-state index contributed by atoms with van der Waals surface area (Å²) in [6.07, 6.45) is 0.938. The van der Waals surface area contributed by atoms with Crippen molar-refractivity contribution in [1.29, 1.82) is 0 Å². The van der Waals surface area contributed by atoms with Gasteiger partial charge in [0.2, 0.25) is 0 Å². The molecule has 0 aromatic heterocycles. The molecule has 6 heteroatoms. The van der Waals surface area contributed by atoms with Crippen LogP contribution in [0.15, 0.2) is 42.5 Å². The summed E-state index contributed by atoms with van der Waals surface area (Å²) in [5.74, 6) is -1.19. The number of ether oxygens (including phenoxy) is 1. The largest absolute Gasteiger partial charge is 0.454 e. The summed E-state index contributed by atoms with van der Waals surface area (Å²) in [5.41, 5.74) is 0.538. The lowest BCUT2D eigenvalue weighted by Gasteiger charge is -2.23. The van der Waals surface area contributed by atoms with Gasteiger partial charge >= 0.3 is 0 Å². The van der Waals surface area contributed by atoms with Crippen LogP contribution in [-0.4, -0.2) is 37.0 Å². The molecule has 1 saturated heterocycles. The lowest BCUT2D eigenvalue weighted by Crippen LogP contribution is -2.38. The van der Waals surface area contributed by atoms with Gasteiger partial charge in [0, 0.05) is 31.3 Å². The molecule has 1 fully saturated rings. The fraction of sp³-hybridized carbons (Fsp3) is 0.278. The van der Waals surface area contributed by atoms with E-state index in [1.165, 1.54) is 6.07 Å². The van der Waals surface area contributed by atoms with Gasteiger partial charge in [-0.25, -0.2) is 8.78 Å². The smallest absolute Gasteiger partial charge is 0.253 e. The van der Waals surface area contributed by atoms with Crippen LogP contribution in [0.5, 0.6) is 11.5 Å². The fourth-order valence-electron chi connectivity index (χ4n) is 2.69. The summed E-state index contributed by atoms with van der Waals surface area (Å²) in [5, 5.41) is 3.23. The topological polar surface area (TPSA) is 41.6 Å². The standard InChI is InChI=1S/C18H18F2N2O2/c1-22(14-8-9-21-11-14)18(23)12-2-5-15(6-3-12)24-17-7-4-13(19)10-16(17)20/h2-7,10,14,21H,8-9,11H2,1H3/t14-/m1/s1. The normalized spacial score (nSPS) is 16.9. The lowest BCUT2D eigenvalue weighted by molar-refractivity contribution is 0.0744. The SMILES string of the molecule is CN(C(=O)c1ccc(Oc2ccc(F)cc2F)cc1)[C@@H]1CCNC1. The number of nitrogens with zero attached hydrogens (tertiary/aromatic N) is 1. The van der Waals surface area contributed by atoms with Gasteiger partial charge in [0.25, 0.3) is 5.91 Å². The third kappa shape index (κ3) is 3.54. The molecule has 0 spiro atoms. The minimum atomic E-state index is -0.774. The number of carbonyl (C=O) groups is 1. The van der Waals surface area contributed by atoms with Gasteiger partial charge in [-0.15, -0.1) is 0 Å². The van der Waals surface area contributed by atoms with E-state index in [0.29, 0.717) is 11.3 Å². The fourth-order valence-corrected chi connectivity index (χ4v) is 2.69. The quantitative estimate of drug-likeness (QED) is 0.935. The number of hydrogen-bond acceptors (Lipinski definition) is 3. The molecule has 0 aliphatic carbocycles. The van der Waals surface area contributed by atoms with Gasteiger partial charge in [-0.05, 0) is 49.4 Å². The van der Waals surface area contributed by atoms with Gasteiger partial charge in [-0.1, -0.05) is 0 Å². The van der Waals surface area contributed by atoms with Crippen LogP contribution in [0.1, 0.15) is 16.8 Å². The molecule has 0 radical (unpaired) electrons. The van der Waals surface area contributed by atoms with Crippen molar-refractivity contribution in [2.45, 2.75) is 12.5 Å². The van der Waals surface area contributed by atoms with Gasteiger partial charge in [-0.2, -0.15) is 0 Å². The number of halogens is 2. The van der Waals surface area contributed by atoms with Crippen molar-refractivity contribution < 1.29 is 18.3 Å². The molecular weight excluding hydrogens is 314 g/mol. The van der Waals surface area contributed by atoms with Gasteiger partial charge in [0.1, 0.15) is 11.6 Å². The highest BCUT2D eigenvalue weighted by molar-refractivity contribution is 5.94. The molecule has 126 valence electrons. The molecule has 1 N–H and O–H groups in total. The van der Waals surface area contributed by atoms with Crippen LogP contribution in [0.2, 0.25) is 0 Å². The first kappa shape index (κ1) is 16.4. The number of amides is 1. The van der Waals surface area contributed by atoms with Crippen molar-refractivity contribution in [1.82, 2.24) is 10.2 Å². The highest BCUT2D eigenvalue weighted by Gasteiger charge is 2.23. The van der Waals surface area contributed by atoms with Crippen molar-refractivity contribution in [2.24, 2.45) is 0 Å². The van der Waals surface area contributed by atoms with Crippen LogP contribution < -0.4 is 10.1 Å². The summed E-state index contributed by atoms with van der Waals surface area (Å²) in [4.78, 5) is 14.2. The summed E-state index contributed by atoms with van der Waals surface area (Å²) in [6, 6.07) is 9.77. The van der Waals surface area contributed by atoms with Crippen LogP contribution in [-0.2, 0) is 0 Å². The summed E-state index contributed by atoms with van der Waals surface area (Å²) < 4.78 is 31.9. The van der Waals surface area contributed by atoms with Crippen LogP contribution in [0.25, 0.3) is 0 Å². The Morgan fingerprint density at radius 3 is 2.58 bits per heavy atom. The predicted molar refractivity (Wildman–Crippen MR) is 86.2 cm³/mol. The van der Waals surface area contributed by atoms with Crippen LogP contribution >= 0.6 is 0 Å². The minimum absolute atomic E-state index is 0.0652. The van der Waals surface area contributed by atoms with Gasteiger partial charge in [0.05, 0.1) is 0 Å². The first-order chi connectivity index (χ1) is 11.5. The van der Waals surface area contributed by atoms with Gasteiger partial charge < -0.3 is 15.0 Å². The Morgan fingerprint density at radius 1 is 1.21 bits per heavy atom. The van der Waals surface area contributed by atoms with E-state index in [4.69, 9.17) is 4.74 Å². The first-order valence-electron chi connectivity index (χ1n) is 7.75. The number of hydrogen-bond donors (Lipinski definition) is 1. The molecule has 0 bridgehead atoms. The van der Waals surface area contributed by atoms with E-state index in [1.54, 1.807) is 36.2 Å². The maximum absolute atomic E-state index is 13.6. The molecule has 2 aromatic rings. The molecule has 1 amide bonds. The first-order valence-corrected chi connectivity index (χ1v) is 7.75. The number of rotatable bonds is 4. The Labute approximate surface area is 139 Å². The second-order valence-electron chi connectivity index (χ2n) is 5.76. The van der Waals surface area contributed by atoms with E-state index in [9.17, 15) is 13.6 Å². The minimum Gasteiger partial charge on any atom is -0.454 e. The van der Waals surface area contributed by atoms with E-state index in [-0.39, 0.29) is 17.7 Å². The van der Waals surface area contributed by atoms with E-state index in [0.717, 1.165) is 31.6 Å². The average molecular weight is 332 g/mol.